The van der Waals surface area contributed by atoms with E-state index in [0.29, 0.717) is 80.0 Å². The number of fused-ring (bicyclic) bond motifs is 1. The molecule has 35 heavy (non-hydrogen) atoms. The number of rotatable bonds is 7. The van der Waals surface area contributed by atoms with E-state index in [1.165, 1.54) is 11.0 Å². The van der Waals surface area contributed by atoms with Crippen molar-refractivity contribution in [3.05, 3.63) is 58.6 Å². The number of aldehydes is 1. The van der Waals surface area contributed by atoms with Crippen molar-refractivity contribution in [3.63, 3.8) is 0 Å². The number of aliphatic hydroxyl groups excluding tert-OH is 1. The summed E-state index contributed by atoms with van der Waals surface area (Å²) in [6.07, 6.45) is 7.10. The topological polar surface area (TPSA) is 130 Å². The van der Waals surface area contributed by atoms with Gasteiger partial charge in [0.25, 0.3) is 0 Å². The molecule has 0 radical (unpaired) electrons. The summed E-state index contributed by atoms with van der Waals surface area (Å²) in [5.74, 6) is 0.412. The molecule has 1 saturated heterocycles. The van der Waals surface area contributed by atoms with Crippen molar-refractivity contribution >= 4 is 18.1 Å². The molecule has 3 rings (SSSR count). The third-order valence-corrected chi connectivity index (χ3v) is 6.75. The van der Waals surface area contributed by atoms with E-state index in [-0.39, 0.29) is 12.3 Å². The van der Waals surface area contributed by atoms with Crippen molar-refractivity contribution in [1.29, 1.82) is 5.26 Å². The van der Waals surface area contributed by atoms with Gasteiger partial charge in [0.1, 0.15) is 17.6 Å². The molecule has 0 aliphatic carbocycles. The quantitative estimate of drug-likeness (QED) is 0.311. The van der Waals surface area contributed by atoms with Gasteiger partial charge < -0.3 is 20.4 Å². The largest absolute Gasteiger partial charge is 0.392 e. The molecule has 2 amide bonds. The zero-order chi connectivity index (χ0) is 25.6. The Morgan fingerprint density at radius 3 is 2.66 bits per heavy atom. The Labute approximate surface area is 206 Å². The summed E-state index contributed by atoms with van der Waals surface area (Å²) < 4.78 is 0. The molecule has 3 N–H and O–H groups in total. The predicted molar refractivity (Wildman–Crippen MR) is 132 cm³/mol. The number of allylic oxidation sites excluding steroid dienone is 4. The van der Waals surface area contributed by atoms with Crippen molar-refractivity contribution in [3.8, 4) is 6.07 Å². The van der Waals surface area contributed by atoms with Crippen LogP contribution in [0.25, 0.3) is 0 Å². The van der Waals surface area contributed by atoms with Crippen molar-refractivity contribution in [2.45, 2.75) is 58.2 Å². The molecule has 0 saturated carbocycles. The van der Waals surface area contributed by atoms with Gasteiger partial charge in [-0.1, -0.05) is 13.5 Å². The molecule has 2 aliphatic heterocycles. The molecule has 0 unspecified atom stereocenters. The fourth-order valence-corrected chi connectivity index (χ4v) is 4.53. The van der Waals surface area contributed by atoms with Crippen LogP contribution in [0.15, 0.2) is 41.8 Å². The summed E-state index contributed by atoms with van der Waals surface area (Å²) in [6, 6.07) is 3.50. The number of carbonyl (C=O) groups excluding carboxylic acids is 2. The number of urea groups is 1. The van der Waals surface area contributed by atoms with Crippen molar-refractivity contribution in [1.82, 2.24) is 15.2 Å². The second-order valence-electron chi connectivity index (χ2n) is 8.98. The first-order chi connectivity index (χ1) is 16.8. The normalized spacial score (nSPS) is 18.2. The standard InChI is InChI=1S/C26H33N5O4/c1-4-19(15-27)23(30-11-8-26(35,5-2)9-12-30)13-18(3)28-25(34)31-10-6-7-20-14-21(16-32)22(17-33)29-24(20)31/h4,13-14,17,32,35H,1,5-12,16H2,2-3H3,(H,28,34)/b18-13+,23-19-. The zero-order valence-corrected chi connectivity index (χ0v) is 20.4. The molecule has 9 nitrogen and oxygen atoms in total. The average Bonchev–Trinajstić information content (AvgIpc) is 2.87. The van der Waals surface area contributed by atoms with Gasteiger partial charge in [0.15, 0.2) is 6.29 Å². The van der Waals surface area contributed by atoms with Crippen LogP contribution in [0.3, 0.4) is 0 Å². The third-order valence-electron chi connectivity index (χ3n) is 6.75. The molecular formula is C26H33N5O4. The second kappa shape index (κ2) is 11.3. The summed E-state index contributed by atoms with van der Waals surface area (Å²) in [5, 5.41) is 32.6. The molecule has 1 aromatic heterocycles. The van der Waals surface area contributed by atoms with Crippen LogP contribution in [-0.2, 0) is 13.0 Å². The molecule has 0 atom stereocenters. The van der Waals surface area contributed by atoms with E-state index >= 15 is 0 Å². The zero-order valence-electron chi connectivity index (χ0n) is 20.4. The van der Waals surface area contributed by atoms with E-state index in [2.05, 4.69) is 22.9 Å². The highest BCUT2D eigenvalue weighted by Crippen LogP contribution is 2.30. The highest BCUT2D eigenvalue weighted by Gasteiger charge is 2.31. The Hall–Kier alpha value is -3.48. The van der Waals surface area contributed by atoms with Crippen molar-refractivity contribution in [2.75, 3.05) is 24.5 Å². The molecule has 1 fully saturated rings. The molecule has 2 aliphatic rings. The van der Waals surface area contributed by atoms with Crippen LogP contribution in [0.4, 0.5) is 10.6 Å². The number of aliphatic hydroxyl groups is 2. The SMILES string of the molecule is C=C/C(C#N)=C(\C=C(/C)NC(=O)N1CCCc2cc(CO)c(C=O)nc21)N1CCC(O)(CC)CC1. The van der Waals surface area contributed by atoms with E-state index in [1.807, 2.05) is 11.8 Å². The number of anilines is 1. The van der Waals surface area contributed by atoms with Crippen LogP contribution in [0, 0.1) is 11.3 Å². The molecule has 186 valence electrons. The molecular weight excluding hydrogens is 446 g/mol. The lowest BCUT2D eigenvalue weighted by molar-refractivity contribution is -0.0161. The average molecular weight is 480 g/mol. The minimum atomic E-state index is -0.694. The van der Waals surface area contributed by atoms with Gasteiger partial charge in [0, 0.05) is 30.9 Å². The fourth-order valence-electron chi connectivity index (χ4n) is 4.53. The van der Waals surface area contributed by atoms with E-state index in [9.17, 15) is 25.1 Å². The van der Waals surface area contributed by atoms with Gasteiger partial charge in [0.2, 0.25) is 0 Å². The highest BCUT2D eigenvalue weighted by molar-refractivity contribution is 5.93. The van der Waals surface area contributed by atoms with Gasteiger partial charge in [-0.3, -0.25) is 9.69 Å². The number of nitriles is 1. The summed E-state index contributed by atoms with van der Waals surface area (Å²) in [5.41, 5.74) is 2.23. The summed E-state index contributed by atoms with van der Waals surface area (Å²) in [6.45, 7) is 8.77. The number of aromatic nitrogens is 1. The molecule has 1 aromatic rings. The Morgan fingerprint density at radius 2 is 2.09 bits per heavy atom. The lowest BCUT2D eigenvalue weighted by Gasteiger charge is -2.39. The van der Waals surface area contributed by atoms with Crippen LogP contribution in [0.5, 0.6) is 0 Å². The minimum Gasteiger partial charge on any atom is -0.392 e. The number of nitrogens with zero attached hydrogens (tertiary/aromatic N) is 4. The Balaban J connectivity index is 1.84. The van der Waals surface area contributed by atoms with Crippen LogP contribution in [0.2, 0.25) is 0 Å². The third kappa shape index (κ3) is 5.78. The molecule has 0 bridgehead atoms. The predicted octanol–water partition coefficient (Wildman–Crippen LogP) is 2.95. The maximum Gasteiger partial charge on any atom is 0.327 e. The van der Waals surface area contributed by atoms with Gasteiger partial charge in [0.05, 0.1) is 23.5 Å². The van der Waals surface area contributed by atoms with E-state index in [4.69, 9.17) is 0 Å². The second-order valence-corrected chi connectivity index (χ2v) is 8.98. The van der Waals surface area contributed by atoms with Crippen LogP contribution in [0.1, 0.15) is 61.1 Å². The van der Waals surface area contributed by atoms with Crippen LogP contribution < -0.4 is 10.2 Å². The highest BCUT2D eigenvalue weighted by atomic mass is 16.3. The van der Waals surface area contributed by atoms with Crippen LogP contribution >= 0.6 is 0 Å². The Bertz CT molecular complexity index is 1090. The van der Waals surface area contributed by atoms with Gasteiger partial charge in [-0.05, 0) is 62.8 Å². The van der Waals surface area contributed by atoms with E-state index in [1.54, 1.807) is 19.1 Å². The van der Waals surface area contributed by atoms with Gasteiger partial charge in [-0.2, -0.15) is 5.26 Å². The summed E-state index contributed by atoms with van der Waals surface area (Å²) >= 11 is 0. The molecule has 3 heterocycles. The number of hydrogen-bond acceptors (Lipinski definition) is 7. The molecule has 0 spiro atoms. The number of aryl methyl sites for hydroxylation is 1. The number of nitrogens with one attached hydrogen (secondary N) is 1. The Kier molecular flexibility index (Phi) is 8.43. The number of likely N-dealkylation sites (tertiary alicyclic amines) is 1. The number of piperidine rings is 1. The number of pyridine rings is 1. The first-order valence-corrected chi connectivity index (χ1v) is 11.9. The maximum atomic E-state index is 13.2. The molecule has 0 aromatic carbocycles. The number of carbonyl (C=O) groups is 2. The van der Waals surface area contributed by atoms with Crippen molar-refractivity contribution < 1.29 is 19.8 Å². The maximum absolute atomic E-state index is 13.2. The lowest BCUT2D eigenvalue weighted by atomic mass is 9.88. The molecule has 9 heteroatoms. The van der Waals surface area contributed by atoms with Gasteiger partial charge in [-0.15, -0.1) is 0 Å². The Morgan fingerprint density at radius 1 is 1.37 bits per heavy atom. The van der Waals surface area contributed by atoms with Crippen molar-refractivity contribution in [2.24, 2.45) is 0 Å². The number of amides is 2. The summed E-state index contributed by atoms with van der Waals surface area (Å²) in [4.78, 5) is 32.5. The fraction of sp³-hybridized carbons (Fsp3) is 0.462. The first-order valence-electron chi connectivity index (χ1n) is 11.9. The lowest BCUT2D eigenvalue weighted by Crippen LogP contribution is -2.44. The smallest absolute Gasteiger partial charge is 0.327 e. The van der Waals surface area contributed by atoms with E-state index in [0.717, 1.165) is 12.0 Å². The first kappa shape index (κ1) is 26.1. The van der Waals surface area contributed by atoms with Gasteiger partial charge in [-0.25, -0.2) is 9.78 Å². The summed E-state index contributed by atoms with van der Waals surface area (Å²) in [7, 11) is 0. The minimum absolute atomic E-state index is 0.116. The van der Waals surface area contributed by atoms with Gasteiger partial charge >= 0.3 is 6.03 Å². The number of hydrogen-bond donors (Lipinski definition) is 3. The van der Waals surface area contributed by atoms with Crippen LogP contribution in [-0.4, -0.2) is 57.6 Å². The monoisotopic (exact) mass is 479 g/mol. The van der Waals surface area contributed by atoms with E-state index < -0.39 is 11.6 Å².